The van der Waals surface area contributed by atoms with Crippen molar-refractivity contribution in [2.75, 3.05) is 19.0 Å². The molecular weight excluding hydrogens is 316 g/mol. The van der Waals surface area contributed by atoms with Crippen molar-refractivity contribution in [1.29, 1.82) is 0 Å². The molecule has 1 aliphatic heterocycles. The molecule has 0 radical (unpaired) electrons. The zero-order valence-corrected chi connectivity index (χ0v) is 13.9. The van der Waals surface area contributed by atoms with Crippen molar-refractivity contribution in [3.63, 3.8) is 0 Å². The van der Waals surface area contributed by atoms with Crippen molar-refractivity contribution in [2.24, 2.45) is 5.92 Å². The molecule has 1 saturated heterocycles. The van der Waals surface area contributed by atoms with Crippen LogP contribution in [0.3, 0.4) is 0 Å². The predicted octanol–water partition coefficient (Wildman–Crippen LogP) is 2.26. The number of thiophene rings is 1. The van der Waals surface area contributed by atoms with E-state index in [9.17, 15) is 14.4 Å². The third-order valence-corrected chi connectivity index (χ3v) is 5.48. The molecule has 7 heteroatoms. The van der Waals surface area contributed by atoms with Crippen molar-refractivity contribution in [1.82, 2.24) is 4.90 Å². The highest BCUT2D eigenvalue weighted by molar-refractivity contribution is 7.12. The first-order valence-electron chi connectivity index (χ1n) is 7.86. The maximum atomic E-state index is 12.4. The standard InChI is InChI=1S/C16H20N2O4S/c1-22-16(21)14-12(6-7-23-14)17-15(20)10-8-13(19)18(9-10)11-4-2-3-5-11/h6-7,10-11H,2-5,8-9H2,1H3,(H,17,20). The fraction of sp³-hybridized carbons (Fsp3) is 0.562. The molecule has 1 aromatic rings. The number of nitrogens with one attached hydrogen (secondary N) is 1. The van der Waals surface area contributed by atoms with Gasteiger partial charge in [0, 0.05) is 19.0 Å². The SMILES string of the molecule is COC(=O)c1sccc1NC(=O)C1CC(=O)N(C2CCCC2)C1. The van der Waals surface area contributed by atoms with Gasteiger partial charge in [0.25, 0.3) is 0 Å². The summed E-state index contributed by atoms with van der Waals surface area (Å²) in [5.74, 6) is -0.961. The van der Waals surface area contributed by atoms with Crippen LogP contribution in [0.15, 0.2) is 11.4 Å². The molecule has 23 heavy (non-hydrogen) atoms. The third-order valence-electron chi connectivity index (χ3n) is 4.59. The molecule has 1 saturated carbocycles. The molecule has 1 atom stereocenters. The molecule has 2 fully saturated rings. The van der Waals surface area contributed by atoms with Crippen LogP contribution in [0.5, 0.6) is 0 Å². The maximum absolute atomic E-state index is 12.4. The van der Waals surface area contributed by atoms with E-state index in [1.165, 1.54) is 18.4 Å². The van der Waals surface area contributed by atoms with Gasteiger partial charge < -0.3 is 15.0 Å². The van der Waals surface area contributed by atoms with E-state index >= 15 is 0 Å². The fourth-order valence-corrected chi connectivity index (χ4v) is 4.14. The fourth-order valence-electron chi connectivity index (χ4n) is 3.37. The Hall–Kier alpha value is -1.89. The van der Waals surface area contributed by atoms with Gasteiger partial charge in [-0.3, -0.25) is 9.59 Å². The van der Waals surface area contributed by atoms with Gasteiger partial charge >= 0.3 is 5.97 Å². The Balaban J connectivity index is 1.64. The zero-order chi connectivity index (χ0) is 16.4. The summed E-state index contributed by atoms with van der Waals surface area (Å²) in [6.07, 6.45) is 4.64. The summed E-state index contributed by atoms with van der Waals surface area (Å²) in [5, 5.41) is 4.50. The second kappa shape index (κ2) is 6.70. The normalized spacial score (nSPS) is 21.7. The van der Waals surface area contributed by atoms with Gasteiger partial charge in [0.1, 0.15) is 4.88 Å². The Morgan fingerprint density at radius 1 is 1.35 bits per heavy atom. The number of nitrogens with zero attached hydrogens (tertiary/aromatic N) is 1. The molecule has 0 spiro atoms. The number of carbonyl (C=O) groups excluding carboxylic acids is 3. The summed E-state index contributed by atoms with van der Waals surface area (Å²) >= 11 is 1.22. The van der Waals surface area contributed by atoms with Gasteiger partial charge in [-0.15, -0.1) is 11.3 Å². The molecule has 6 nitrogen and oxygen atoms in total. The first-order valence-corrected chi connectivity index (χ1v) is 8.74. The first-order chi connectivity index (χ1) is 11.1. The molecule has 2 heterocycles. The first kappa shape index (κ1) is 16.0. The summed E-state index contributed by atoms with van der Waals surface area (Å²) in [5.41, 5.74) is 0.457. The van der Waals surface area contributed by atoms with Gasteiger partial charge in [-0.1, -0.05) is 12.8 Å². The van der Waals surface area contributed by atoms with Crippen molar-refractivity contribution in [3.05, 3.63) is 16.3 Å². The number of ether oxygens (including phenoxy) is 1. The molecule has 1 N–H and O–H groups in total. The molecule has 1 aromatic heterocycles. The van der Waals surface area contributed by atoms with Crippen molar-refractivity contribution in [3.8, 4) is 0 Å². The van der Waals surface area contributed by atoms with E-state index in [1.807, 2.05) is 4.90 Å². The number of hydrogen-bond acceptors (Lipinski definition) is 5. The molecule has 1 aliphatic carbocycles. The number of methoxy groups -OCH3 is 1. The summed E-state index contributed by atoms with van der Waals surface area (Å²) in [6, 6.07) is 1.98. The minimum absolute atomic E-state index is 0.0653. The second-order valence-corrected chi connectivity index (χ2v) is 6.95. The van der Waals surface area contributed by atoms with Gasteiger partial charge in [-0.2, -0.15) is 0 Å². The molecule has 0 aromatic carbocycles. The molecule has 3 rings (SSSR count). The largest absolute Gasteiger partial charge is 0.465 e. The average Bonchev–Trinajstić information content (AvgIpc) is 3.26. The van der Waals surface area contributed by atoms with Crippen LogP contribution in [0.1, 0.15) is 41.8 Å². The quantitative estimate of drug-likeness (QED) is 0.856. The summed E-state index contributed by atoms with van der Waals surface area (Å²) in [4.78, 5) is 38.5. The average molecular weight is 336 g/mol. The van der Waals surface area contributed by atoms with E-state index in [0.717, 1.165) is 25.7 Å². The Morgan fingerprint density at radius 3 is 2.78 bits per heavy atom. The van der Waals surface area contributed by atoms with Crippen LogP contribution >= 0.6 is 11.3 Å². The van der Waals surface area contributed by atoms with Gasteiger partial charge in [-0.25, -0.2) is 4.79 Å². The number of carbonyl (C=O) groups is 3. The topological polar surface area (TPSA) is 75.7 Å². The molecule has 2 aliphatic rings. The number of esters is 1. The van der Waals surface area contributed by atoms with Crippen molar-refractivity contribution < 1.29 is 19.1 Å². The molecule has 124 valence electrons. The number of amides is 2. The second-order valence-electron chi connectivity index (χ2n) is 6.03. The van der Waals surface area contributed by atoms with E-state index in [2.05, 4.69) is 5.32 Å². The summed E-state index contributed by atoms with van der Waals surface area (Å²) in [7, 11) is 1.31. The maximum Gasteiger partial charge on any atom is 0.350 e. The van der Waals surface area contributed by atoms with Crippen LogP contribution in [0, 0.1) is 5.92 Å². The van der Waals surface area contributed by atoms with Crippen LogP contribution in [-0.4, -0.2) is 42.4 Å². The van der Waals surface area contributed by atoms with E-state index in [4.69, 9.17) is 4.74 Å². The highest BCUT2D eigenvalue weighted by Crippen LogP contribution is 2.30. The Morgan fingerprint density at radius 2 is 2.09 bits per heavy atom. The lowest BCUT2D eigenvalue weighted by Crippen LogP contribution is -2.35. The van der Waals surface area contributed by atoms with E-state index < -0.39 is 5.97 Å². The van der Waals surface area contributed by atoms with Crippen molar-refractivity contribution in [2.45, 2.75) is 38.1 Å². The monoisotopic (exact) mass is 336 g/mol. The summed E-state index contributed by atoms with van der Waals surface area (Å²) < 4.78 is 4.70. The van der Waals surface area contributed by atoms with Crippen LogP contribution in [0.2, 0.25) is 0 Å². The number of likely N-dealkylation sites (tertiary alicyclic amines) is 1. The van der Waals surface area contributed by atoms with E-state index in [0.29, 0.717) is 23.2 Å². The van der Waals surface area contributed by atoms with Crippen LogP contribution in [-0.2, 0) is 14.3 Å². The number of anilines is 1. The Bertz CT molecular complexity index is 621. The van der Waals surface area contributed by atoms with Gasteiger partial charge in [-0.05, 0) is 24.3 Å². The van der Waals surface area contributed by atoms with Gasteiger partial charge in [0.2, 0.25) is 11.8 Å². The lowest BCUT2D eigenvalue weighted by atomic mass is 10.1. The summed E-state index contributed by atoms with van der Waals surface area (Å²) in [6.45, 7) is 0.479. The smallest absolute Gasteiger partial charge is 0.350 e. The van der Waals surface area contributed by atoms with Gasteiger partial charge in [0.15, 0.2) is 0 Å². The molecule has 1 unspecified atom stereocenters. The Kier molecular flexibility index (Phi) is 4.66. The van der Waals surface area contributed by atoms with Gasteiger partial charge in [0.05, 0.1) is 18.7 Å². The lowest BCUT2D eigenvalue weighted by Gasteiger charge is -2.23. The minimum atomic E-state index is -0.467. The molecular formula is C16H20N2O4S. The van der Waals surface area contributed by atoms with E-state index in [1.54, 1.807) is 11.4 Å². The third kappa shape index (κ3) is 3.24. The molecule has 0 bridgehead atoms. The number of rotatable bonds is 4. The lowest BCUT2D eigenvalue weighted by molar-refractivity contribution is -0.129. The van der Waals surface area contributed by atoms with Crippen LogP contribution in [0.25, 0.3) is 0 Å². The van der Waals surface area contributed by atoms with E-state index in [-0.39, 0.29) is 24.2 Å². The predicted molar refractivity (Wildman–Crippen MR) is 86.4 cm³/mol. The molecule has 2 amide bonds. The van der Waals surface area contributed by atoms with Crippen LogP contribution < -0.4 is 5.32 Å². The number of hydrogen-bond donors (Lipinski definition) is 1. The highest BCUT2D eigenvalue weighted by atomic mass is 32.1. The zero-order valence-electron chi connectivity index (χ0n) is 13.0. The minimum Gasteiger partial charge on any atom is -0.465 e. The Labute approximate surface area is 138 Å². The van der Waals surface area contributed by atoms with Crippen LogP contribution in [0.4, 0.5) is 5.69 Å². The van der Waals surface area contributed by atoms with Crippen molar-refractivity contribution >= 4 is 34.8 Å². The highest BCUT2D eigenvalue weighted by Gasteiger charge is 2.38.